The third-order valence-electron chi connectivity index (χ3n) is 16.7. The fraction of sp³-hybridized carbons (Fsp3) is 0.588. The van der Waals surface area contributed by atoms with Crippen molar-refractivity contribution in [2.45, 2.75) is 240 Å². The van der Waals surface area contributed by atoms with Crippen LogP contribution in [-0.2, 0) is 6.54 Å². The number of fused-ring (bicyclic) bond motifs is 14. The Bertz CT molecular complexity index is 3580. The Morgan fingerprint density at radius 1 is 0.361 bits per heavy atom. The lowest BCUT2D eigenvalue weighted by atomic mass is 9.93. The zero-order chi connectivity index (χ0) is 58.3. The smallest absolute Gasteiger partial charge is 0.349 e. The highest BCUT2D eigenvalue weighted by atomic mass is 32.1. The number of hydrogen-bond donors (Lipinski definition) is 1. The molecule has 0 aromatic carbocycles. The lowest BCUT2D eigenvalue weighted by molar-refractivity contribution is 0.351. The number of rotatable bonds is 35. The molecule has 2 atom stereocenters. The Labute approximate surface area is 524 Å². The lowest BCUT2D eigenvalue weighted by Crippen LogP contribution is -2.33. The highest BCUT2D eigenvalue weighted by Gasteiger charge is 2.23. The molecule has 10 rings (SSSR count). The molecule has 10 aromatic heterocycles. The second-order valence-electron chi connectivity index (χ2n) is 23.2. The fourth-order valence-corrected chi connectivity index (χ4v) is 21.6. The van der Waals surface area contributed by atoms with Gasteiger partial charge in [0.1, 0.15) is 0 Å². The van der Waals surface area contributed by atoms with Gasteiger partial charge in [0, 0.05) is 25.3 Å². The van der Waals surface area contributed by atoms with Crippen LogP contribution in [0.15, 0.2) is 69.4 Å². The van der Waals surface area contributed by atoms with E-state index in [0.29, 0.717) is 23.2 Å². The van der Waals surface area contributed by atoms with Crippen LogP contribution in [0.5, 0.6) is 0 Å². The van der Waals surface area contributed by atoms with Gasteiger partial charge in [-0.3, -0.25) is 14.2 Å². The monoisotopic (exact) mass is 1270 g/mol. The largest absolute Gasteiger partial charge is 0.386 e. The van der Waals surface area contributed by atoms with Crippen LogP contribution in [0, 0.1) is 11.8 Å². The molecule has 7 nitrogen and oxygen atoms in total. The maximum absolute atomic E-state index is 14.3. The first-order valence-electron chi connectivity index (χ1n) is 32.1. The zero-order valence-electron chi connectivity index (χ0n) is 50.1. The molecule has 15 heteroatoms. The topological polar surface area (TPSA) is 112 Å². The van der Waals surface area contributed by atoms with Crippen LogP contribution >= 0.6 is 90.7 Å². The van der Waals surface area contributed by atoms with Gasteiger partial charge in [-0.1, -0.05) is 207 Å². The van der Waals surface area contributed by atoms with Crippen molar-refractivity contribution >= 4 is 169 Å². The van der Waals surface area contributed by atoms with Gasteiger partial charge < -0.3 is 10.2 Å². The van der Waals surface area contributed by atoms with Gasteiger partial charge in [0.25, 0.3) is 11.1 Å². The summed E-state index contributed by atoms with van der Waals surface area (Å²) >= 11 is 12.8. The first kappa shape index (κ1) is 65.8. The lowest BCUT2D eigenvalue weighted by Gasteiger charge is -2.18. The molecule has 0 radical (unpaired) electrons. The summed E-state index contributed by atoms with van der Waals surface area (Å²) in [4.78, 5) is 53.2. The zero-order valence-corrected chi connectivity index (χ0v) is 56.7. The van der Waals surface area contributed by atoms with E-state index in [1.165, 1.54) is 215 Å². The number of hydrogen-bond acceptors (Lipinski definition) is 14. The van der Waals surface area contributed by atoms with Gasteiger partial charge in [-0.2, -0.15) is 0 Å². The third kappa shape index (κ3) is 17.6. The average molecular weight is 1270 g/mol. The van der Waals surface area contributed by atoms with Gasteiger partial charge >= 0.3 is 11.3 Å². The predicted octanol–water partition coefficient (Wildman–Crippen LogP) is 23.7. The van der Waals surface area contributed by atoms with Crippen molar-refractivity contribution in [3.8, 4) is 0 Å². The molecule has 0 saturated carbocycles. The van der Waals surface area contributed by atoms with Crippen molar-refractivity contribution in [2.24, 2.45) is 17.6 Å². The Kier molecular flexibility index (Phi) is 27.8. The summed E-state index contributed by atoms with van der Waals surface area (Å²) in [6.45, 7) is 10.6. The Morgan fingerprint density at radius 3 is 0.928 bits per heavy atom. The first-order valence-corrected chi connectivity index (χ1v) is 38.8. The summed E-state index contributed by atoms with van der Waals surface area (Å²) in [5.74, 6) is 1.17. The molecular weight excluding hydrogens is 1180 g/mol. The van der Waals surface area contributed by atoms with E-state index in [2.05, 4.69) is 50.6 Å². The van der Waals surface area contributed by atoms with E-state index in [-0.39, 0.29) is 11.1 Å². The quantitative estimate of drug-likeness (QED) is 0.0396. The molecular formula is C68H92N2O5S8. The summed E-state index contributed by atoms with van der Waals surface area (Å²) in [6, 6.07) is 8.25. The van der Waals surface area contributed by atoms with Crippen LogP contribution in [0.25, 0.3) is 77.9 Å². The summed E-state index contributed by atoms with van der Waals surface area (Å²) in [5, 5.41) is 10.7. The second kappa shape index (κ2) is 35.0. The Balaban J connectivity index is 0.000000180. The predicted molar refractivity (Wildman–Crippen MR) is 378 cm³/mol. The van der Waals surface area contributed by atoms with E-state index >= 15 is 0 Å². The highest BCUT2D eigenvalue weighted by Crippen LogP contribution is 2.45. The molecule has 0 spiro atoms. The van der Waals surface area contributed by atoms with Gasteiger partial charge in [0.15, 0.2) is 0 Å². The third-order valence-corrected chi connectivity index (χ3v) is 25.9. The van der Waals surface area contributed by atoms with Crippen molar-refractivity contribution < 1.29 is 4.42 Å². The second-order valence-corrected chi connectivity index (χ2v) is 31.1. The SMILES string of the molecule is CCCCCCCCCCC(CCCCCCCC)Cn1c(=O)c2c3sccc3sc2c2sc3ccsc3c2c1=O.CCCCCCCCCCC(CN)CCCCCCCC.O=c1oc(=O)c2c3sccc3sc2c2sc3ccsc3c12. The maximum Gasteiger partial charge on any atom is 0.349 e. The summed E-state index contributed by atoms with van der Waals surface area (Å²) in [7, 11) is 0. The van der Waals surface area contributed by atoms with Crippen molar-refractivity contribution in [3.63, 3.8) is 0 Å². The van der Waals surface area contributed by atoms with Gasteiger partial charge in [-0.15, -0.1) is 90.7 Å². The standard InChI is InChI=1S/C34H45NO2S4.C20H43N.C14H4O3S4/c1-3-5-7-9-11-12-14-16-18-24(17-15-13-10-8-6-4-2)23-35-33(36)27-29-25(19-21-38-29)40-31(27)32-28(34(35)37)30-26(41-32)20-22-39-30;1-3-5-7-9-11-12-14-16-18-20(19-21)17-15-13-10-8-6-4-2;15-13-7-9-5(1-3-18-9)20-11(7)12-8(14(16)17-13)10-6(21-12)2-4-19-10/h19-22,24H,3-18,23H2,1-2H3;20H,3-19,21H2,1-2H3;1-4H. The number of nitrogens with zero attached hydrogens (tertiary/aromatic N) is 1. The molecule has 0 fully saturated rings. The molecule has 2 N–H and O–H groups in total. The Morgan fingerprint density at radius 2 is 0.627 bits per heavy atom. The van der Waals surface area contributed by atoms with Crippen LogP contribution in [0.2, 0.25) is 0 Å². The van der Waals surface area contributed by atoms with Crippen molar-refractivity contribution in [2.75, 3.05) is 6.54 Å². The summed E-state index contributed by atoms with van der Waals surface area (Å²) in [6.07, 6.45) is 42.9. The van der Waals surface area contributed by atoms with Gasteiger partial charge in [0.2, 0.25) is 0 Å². The van der Waals surface area contributed by atoms with E-state index in [1.807, 2.05) is 22.9 Å². The minimum atomic E-state index is -0.531. The van der Waals surface area contributed by atoms with E-state index in [0.717, 1.165) is 92.5 Å². The number of aromatic nitrogens is 1. The van der Waals surface area contributed by atoms with Gasteiger partial charge in [-0.25, -0.2) is 9.59 Å². The number of nitrogens with two attached hydrogens (primary N) is 1. The molecule has 452 valence electrons. The van der Waals surface area contributed by atoms with Crippen molar-refractivity contribution in [1.29, 1.82) is 0 Å². The van der Waals surface area contributed by atoms with Crippen molar-refractivity contribution in [1.82, 2.24) is 4.57 Å². The van der Waals surface area contributed by atoms with Crippen LogP contribution in [-0.4, -0.2) is 11.1 Å². The highest BCUT2D eigenvalue weighted by molar-refractivity contribution is 7.39. The van der Waals surface area contributed by atoms with E-state index in [1.54, 1.807) is 72.6 Å². The molecule has 0 saturated heterocycles. The van der Waals surface area contributed by atoms with Crippen LogP contribution in [0.1, 0.15) is 233 Å². The Hall–Kier alpha value is -3.12. The van der Waals surface area contributed by atoms with E-state index in [9.17, 15) is 19.2 Å². The van der Waals surface area contributed by atoms with Gasteiger partial charge in [0.05, 0.1) is 59.1 Å². The molecule has 0 amide bonds. The number of thiophene rings is 8. The van der Waals surface area contributed by atoms with E-state index < -0.39 is 11.3 Å². The molecule has 10 aromatic rings. The summed E-state index contributed by atoms with van der Waals surface area (Å²) < 4.78 is 18.9. The molecule has 0 aliphatic rings. The molecule has 0 bridgehead atoms. The first-order chi connectivity index (χ1) is 40.7. The molecule has 0 aliphatic carbocycles. The van der Waals surface area contributed by atoms with Crippen LogP contribution in [0.3, 0.4) is 0 Å². The van der Waals surface area contributed by atoms with Crippen molar-refractivity contribution in [3.05, 3.63) is 87.3 Å². The molecule has 83 heavy (non-hydrogen) atoms. The molecule has 10 heterocycles. The normalized spacial score (nSPS) is 12.7. The molecule has 0 aliphatic heterocycles. The van der Waals surface area contributed by atoms with Gasteiger partial charge in [-0.05, 0) is 89.8 Å². The van der Waals surface area contributed by atoms with E-state index in [4.69, 9.17) is 10.2 Å². The minimum Gasteiger partial charge on any atom is -0.386 e. The summed E-state index contributed by atoms with van der Waals surface area (Å²) in [5.41, 5.74) is 4.72. The molecule has 2 unspecified atom stereocenters. The minimum absolute atomic E-state index is 0.0734. The van der Waals surface area contributed by atoms with Crippen LogP contribution in [0.4, 0.5) is 0 Å². The average Bonchev–Trinajstić information content (AvgIpc) is 3.12. The maximum atomic E-state index is 14.3. The number of unbranched alkanes of at least 4 members (excludes halogenated alkanes) is 24. The van der Waals surface area contributed by atoms with Crippen LogP contribution < -0.4 is 28.1 Å². The fourth-order valence-electron chi connectivity index (χ4n) is 11.9.